The van der Waals surface area contributed by atoms with Crippen molar-refractivity contribution in [1.29, 1.82) is 0 Å². The van der Waals surface area contributed by atoms with Gasteiger partial charge in [0, 0.05) is 7.26 Å². The molecule has 3 aromatic rings. The molecule has 0 heterocycles. The summed E-state index contributed by atoms with van der Waals surface area (Å²) >= 11 is 0. The Morgan fingerprint density at radius 1 is 0.500 bits per heavy atom. The Labute approximate surface area is 146 Å². The van der Waals surface area contributed by atoms with Gasteiger partial charge in [-0.15, -0.1) is 0 Å². The second-order valence-corrected chi connectivity index (χ2v) is 10.9. The van der Waals surface area contributed by atoms with Crippen LogP contribution >= 0.6 is 7.26 Å². The second-order valence-electron chi connectivity index (χ2n) is 6.59. The van der Waals surface area contributed by atoms with Crippen LogP contribution in [0.1, 0.15) is 23.6 Å². The lowest BCUT2D eigenvalue weighted by atomic mass is 10.2. The van der Waals surface area contributed by atoms with Crippen molar-refractivity contribution in [2.45, 2.75) is 25.4 Å². The van der Waals surface area contributed by atoms with Gasteiger partial charge in [0.2, 0.25) is 0 Å². The third-order valence-electron chi connectivity index (χ3n) is 4.75. The van der Waals surface area contributed by atoms with Crippen LogP contribution in [0.3, 0.4) is 0 Å². The smallest absolute Gasteiger partial charge is 0.0622 e. The van der Waals surface area contributed by atoms with E-state index < -0.39 is 7.26 Å². The minimum absolute atomic E-state index is 1.14. The molecule has 0 radical (unpaired) electrons. The summed E-state index contributed by atoms with van der Waals surface area (Å²) in [6, 6.07) is 33.1. The molecule has 0 bridgehead atoms. The Kier molecular flexibility index (Phi) is 5.83. The molecule has 0 unspecified atom stereocenters. The van der Waals surface area contributed by atoms with Gasteiger partial charge >= 0.3 is 0 Å². The molecule has 0 nitrogen and oxygen atoms in total. The first-order chi connectivity index (χ1) is 11.8. The molecule has 0 saturated heterocycles. The minimum atomic E-state index is -1.14. The van der Waals surface area contributed by atoms with E-state index in [2.05, 4.69) is 97.9 Å². The second kappa shape index (κ2) is 8.27. The molecular weight excluding hydrogens is 307 g/mol. The van der Waals surface area contributed by atoms with Crippen molar-refractivity contribution in [3.63, 3.8) is 0 Å². The highest BCUT2D eigenvalue weighted by Gasteiger charge is 2.36. The van der Waals surface area contributed by atoms with Crippen molar-refractivity contribution in [2.24, 2.45) is 0 Å². The van der Waals surface area contributed by atoms with Gasteiger partial charge in [-0.3, -0.25) is 0 Å². The summed E-state index contributed by atoms with van der Waals surface area (Å²) in [7, 11) is -1.14. The molecular formula is C23H26P+. The van der Waals surface area contributed by atoms with Crippen molar-refractivity contribution in [1.82, 2.24) is 0 Å². The molecule has 1 heteroatoms. The molecule has 0 aliphatic rings. The van der Waals surface area contributed by atoms with Crippen LogP contribution in [-0.4, -0.2) is 6.16 Å². The molecule has 0 aromatic heterocycles. The summed E-state index contributed by atoms with van der Waals surface area (Å²) in [5.41, 5.74) is 4.46. The average molecular weight is 333 g/mol. The van der Waals surface area contributed by atoms with Gasteiger partial charge in [-0.2, -0.15) is 0 Å². The van der Waals surface area contributed by atoms with E-state index in [4.69, 9.17) is 0 Å². The topological polar surface area (TPSA) is 0 Å². The van der Waals surface area contributed by atoms with Crippen LogP contribution < -0.4 is 0 Å². The van der Waals surface area contributed by atoms with E-state index in [1.165, 1.54) is 41.3 Å². The highest BCUT2D eigenvalue weighted by molar-refractivity contribution is 7.73. The quantitative estimate of drug-likeness (QED) is 0.426. The fraction of sp³-hybridized carbons (Fsp3) is 0.217. The molecule has 24 heavy (non-hydrogen) atoms. The maximum atomic E-state index is 2.39. The highest BCUT2D eigenvalue weighted by atomic mass is 31.2. The van der Waals surface area contributed by atoms with E-state index in [-0.39, 0.29) is 0 Å². The third-order valence-corrected chi connectivity index (χ3v) is 9.20. The first-order valence-corrected chi connectivity index (χ1v) is 11.3. The third kappa shape index (κ3) is 4.56. The van der Waals surface area contributed by atoms with E-state index in [1.54, 1.807) is 0 Å². The molecule has 0 fully saturated rings. The Balaban J connectivity index is 1.91. The summed E-state index contributed by atoms with van der Waals surface area (Å²) in [6.45, 7) is 2.39. The molecule has 0 spiro atoms. The maximum Gasteiger partial charge on any atom is 0.0849 e. The Hall–Kier alpha value is -1.91. The van der Waals surface area contributed by atoms with Crippen LogP contribution in [0, 0.1) is 0 Å². The van der Waals surface area contributed by atoms with Crippen molar-refractivity contribution < 1.29 is 0 Å². The van der Waals surface area contributed by atoms with Gasteiger partial charge in [0.15, 0.2) is 0 Å². The van der Waals surface area contributed by atoms with Crippen LogP contribution in [0.4, 0.5) is 0 Å². The van der Waals surface area contributed by atoms with Crippen molar-refractivity contribution in [3.8, 4) is 0 Å². The lowest BCUT2D eigenvalue weighted by Gasteiger charge is -2.27. The van der Waals surface area contributed by atoms with Gasteiger partial charge in [0.25, 0.3) is 0 Å². The number of benzene rings is 3. The number of hydrogen-bond acceptors (Lipinski definition) is 0. The summed E-state index contributed by atoms with van der Waals surface area (Å²) in [4.78, 5) is 0. The fourth-order valence-corrected chi connectivity index (χ4v) is 7.38. The summed E-state index contributed by atoms with van der Waals surface area (Å²) in [6.07, 6.45) is 4.97. The van der Waals surface area contributed by atoms with E-state index in [9.17, 15) is 0 Å². The van der Waals surface area contributed by atoms with Crippen LogP contribution in [0.5, 0.6) is 0 Å². The van der Waals surface area contributed by atoms with Crippen LogP contribution in [0.15, 0.2) is 91.0 Å². The van der Waals surface area contributed by atoms with E-state index in [1.807, 2.05) is 0 Å². The number of hydrogen-bond donors (Lipinski definition) is 0. The summed E-state index contributed by atoms with van der Waals surface area (Å²) < 4.78 is 0. The van der Waals surface area contributed by atoms with Gasteiger partial charge in [0.05, 0.1) is 24.6 Å². The predicted molar refractivity (Wildman–Crippen MR) is 108 cm³/mol. The number of rotatable bonds is 7. The van der Waals surface area contributed by atoms with E-state index in [0.717, 1.165) is 0 Å². The lowest BCUT2D eigenvalue weighted by molar-refractivity contribution is 1.18. The molecule has 0 amide bonds. The van der Waals surface area contributed by atoms with Gasteiger partial charge in [-0.1, -0.05) is 91.0 Å². The lowest BCUT2D eigenvalue weighted by Crippen LogP contribution is -2.07. The minimum Gasteiger partial charge on any atom is -0.0622 e. The Morgan fingerprint density at radius 3 is 1.04 bits per heavy atom. The highest BCUT2D eigenvalue weighted by Crippen LogP contribution is 2.66. The van der Waals surface area contributed by atoms with E-state index in [0.29, 0.717) is 0 Å². The molecule has 3 rings (SSSR count). The first kappa shape index (κ1) is 16.9. The van der Waals surface area contributed by atoms with Gasteiger partial charge in [-0.25, -0.2) is 0 Å². The zero-order chi connectivity index (χ0) is 16.7. The van der Waals surface area contributed by atoms with Gasteiger partial charge in [0.1, 0.15) is 0 Å². The molecule has 0 N–H and O–H groups in total. The first-order valence-electron chi connectivity index (χ1n) is 8.76. The molecule has 0 saturated carbocycles. The zero-order valence-electron chi connectivity index (χ0n) is 14.4. The SMILES string of the molecule is CC[P+](Cc1ccccc1)(Cc1ccccc1)Cc1ccccc1. The molecule has 0 aliphatic heterocycles. The summed E-state index contributed by atoms with van der Waals surface area (Å²) in [5.74, 6) is 0. The van der Waals surface area contributed by atoms with Crippen LogP contribution in [0.25, 0.3) is 0 Å². The van der Waals surface area contributed by atoms with Crippen molar-refractivity contribution in [3.05, 3.63) is 108 Å². The van der Waals surface area contributed by atoms with Gasteiger partial charge < -0.3 is 0 Å². The van der Waals surface area contributed by atoms with Crippen LogP contribution in [0.2, 0.25) is 0 Å². The molecule has 0 aliphatic carbocycles. The normalized spacial score (nSPS) is 11.4. The monoisotopic (exact) mass is 333 g/mol. The Morgan fingerprint density at radius 2 is 0.792 bits per heavy atom. The largest absolute Gasteiger partial charge is 0.0849 e. The van der Waals surface area contributed by atoms with Gasteiger partial charge in [-0.05, 0) is 23.6 Å². The van der Waals surface area contributed by atoms with Crippen LogP contribution in [-0.2, 0) is 18.5 Å². The Bertz CT molecular complexity index is 618. The average Bonchev–Trinajstić information content (AvgIpc) is 2.64. The molecule has 0 atom stereocenters. The predicted octanol–water partition coefficient (Wildman–Crippen LogP) is 6.62. The fourth-order valence-electron chi connectivity index (χ4n) is 3.42. The van der Waals surface area contributed by atoms with Crippen molar-refractivity contribution >= 4 is 7.26 Å². The maximum absolute atomic E-state index is 2.39. The summed E-state index contributed by atoms with van der Waals surface area (Å²) in [5, 5.41) is 0. The van der Waals surface area contributed by atoms with E-state index >= 15 is 0 Å². The zero-order valence-corrected chi connectivity index (χ0v) is 15.3. The standard InChI is InChI=1S/C23H26P/c1-2-24(18-21-12-6-3-7-13-21,19-22-14-8-4-9-15-22)20-23-16-10-5-11-17-23/h3-17H,2,18-20H2,1H3/q+1. The van der Waals surface area contributed by atoms with Crippen molar-refractivity contribution in [2.75, 3.05) is 6.16 Å². The molecule has 3 aromatic carbocycles. The molecule has 122 valence electrons.